The van der Waals surface area contributed by atoms with E-state index in [4.69, 9.17) is 16.3 Å². The lowest BCUT2D eigenvalue weighted by Gasteiger charge is -2.21. The van der Waals surface area contributed by atoms with E-state index in [0.29, 0.717) is 22.2 Å². The number of carbonyl (C=O) groups excluding carboxylic acids is 1. The molecule has 3 aromatic carbocycles. The molecule has 9 heteroatoms. The highest BCUT2D eigenvalue weighted by Crippen LogP contribution is 2.25. The fourth-order valence-electron chi connectivity index (χ4n) is 2.60. The Hall–Kier alpha value is -3.36. The van der Waals surface area contributed by atoms with Crippen molar-refractivity contribution in [1.29, 1.82) is 0 Å². The van der Waals surface area contributed by atoms with Crippen LogP contribution >= 0.6 is 11.6 Å². The number of hydrogen-bond donors (Lipinski definition) is 1. The van der Waals surface area contributed by atoms with Gasteiger partial charge in [-0.05, 0) is 54.1 Å². The van der Waals surface area contributed by atoms with E-state index in [1.165, 1.54) is 6.21 Å². The summed E-state index contributed by atoms with van der Waals surface area (Å²) in [5, 5.41) is 4.44. The number of nitrogens with zero attached hydrogens (tertiary/aromatic N) is 2. The Balaban J connectivity index is 1.66. The summed E-state index contributed by atoms with van der Waals surface area (Å²) in [6, 6.07) is 22.5. The molecule has 0 fully saturated rings. The Morgan fingerprint density at radius 2 is 1.61 bits per heavy atom. The van der Waals surface area contributed by atoms with Crippen molar-refractivity contribution in [2.45, 2.75) is 0 Å². The third kappa shape index (κ3) is 6.84. The molecular weight excluding hydrogens is 438 g/mol. The van der Waals surface area contributed by atoms with Crippen molar-refractivity contribution in [2.75, 3.05) is 17.1 Å². The van der Waals surface area contributed by atoms with Crippen molar-refractivity contribution in [3.05, 3.63) is 89.4 Å². The summed E-state index contributed by atoms with van der Waals surface area (Å²) >= 11 is 5.82. The molecule has 0 aromatic heterocycles. The zero-order valence-electron chi connectivity index (χ0n) is 16.6. The van der Waals surface area contributed by atoms with Crippen molar-refractivity contribution in [3.63, 3.8) is 0 Å². The topological polar surface area (TPSA) is 88.1 Å². The molecule has 7 nitrogen and oxygen atoms in total. The first kappa shape index (κ1) is 22.3. The van der Waals surface area contributed by atoms with E-state index < -0.39 is 22.5 Å². The van der Waals surface area contributed by atoms with E-state index in [-0.39, 0.29) is 0 Å². The zero-order chi connectivity index (χ0) is 22.3. The predicted octanol–water partition coefficient (Wildman–Crippen LogP) is 4.05. The maximum Gasteiger partial charge on any atom is 0.260 e. The van der Waals surface area contributed by atoms with Gasteiger partial charge in [-0.25, -0.2) is 13.8 Å². The Morgan fingerprint density at radius 1 is 1.00 bits per heavy atom. The molecule has 0 saturated heterocycles. The molecule has 0 aliphatic heterocycles. The van der Waals surface area contributed by atoms with E-state index in [9.17, 15) is 13.2 Å². The van der Waals surface area contributed by atoms with Crippen LogP contribution in [0.2, 0.25) is 5.02 Å². The van der Waals surface area contributed by atoms with E-state index in [2.05, 4.69) is 10.5 Å². The molecule has 3 rings (SSSR count). The lowest BCUT2D eigenvalue weighted by atomic mass is 10.2. The van der Waals surface area contributed by atoms with Gasteiger partial charge in [0.2, 0.25) is 10.0 Å². The van der Waals surface area contributed by atoms with Gasteiger partial charge in [0.1, 0.15) is 18.0 Å². The summed E-state index contributed by atoms with van der Waals surface area (Å²) in [5.41, 5.74) is 3.40. The third-order valence-electron chi connectivity index (χ3n) is 4.06. The van der Waals surface area contributed by atoms with Crippen LogP contribution in [-0.4, -0.2) is 33.3 Å². The number of hydrazone groups is 1. The number of benzene rings is 3. The number of amides is 1. The molecular formula is C22H20ClN3O4S. The van der Waals surface area contributed by atoms with Gasteiger partial charge in [-0.1, -0.05) is 41.9 Å². The van der Waals surface area contributed by atoms with Crippen molar-refractivity contribution in [1.82, 2.24) is 5.43 Å². The molecule has 0 spiro atoms. The van der Waals surface area contributed by atoms with Crippen LogP contribution in [0.1, 0.15) is 5.56 Å². The SMILES string of the molecule is CS(=O)(=O)N(CC(=O)N/N=C\c1ccc(Cl)cc1)c1ccc(Oc2ccccc2)cc1. The first-order chi connectivity index (χ1) is 14.8. The molecule has 160 valence electrons. The smallest absolute Gasteiger partial charge is 0.260 e. The standard InChI is InChI=1S/C22H20ClN3O4S/c1-31(28,29)26(16-22(27)25-24-15-17-7-9-18(23)10-8-17)19-11-13-21(14-12-19)30-20-5-3-2-4-6-20/h2-15H,16H2,1H3,(H,25,27)/b24-15-. The zero-order valence-corrected chi connectivity index (χ0v) is 18.2. The highest BCUT2D eigenvalue weighted by Gasteiger charge is 2.20. The molecule has 0 bridgehead atoms. The maximum absolute atomic E-state index is 12.2. The second kappa shape index (κ2) is 10.1. The van der Waals surface area contributed by atoms with Crippen LogP contribution in [0.15, 0.2) is 84.0 Å². The monoisotopic (exact) mass is 457 g/mol. The second-order valence-corrected chi connectivity index (χ2v) is 8.87. The summed E-state index contributed by atoms with van der Waals surface area (Å²) < 4.78 is 31.2. The summed E-state index contributed by atoms with van der Waals surface area (Å²) in [6.07, 6.45) is 2.47. The van der Waals surface area contributed by atoms with Gasteiger partial charge in [0.25, 0.3) is 5.91 Å². The number of anilines is 1. The maximum atomic E-state index is 12.2. The third-order valence-corrected chi connectivity index (χ3v) is 5.46. The van der Waals surface area contributed by atoms with Crippen LogP contribution < -0.4 is 14.5 Å². The van der Waals surface area contributed by atoms with E-state index in [1.807, 2.05) is 30.3 Å². The average Bonchev–Trinajstić information content (AvgIpc) is 2.74. The normalized spacial score (nSPS) is 11.3. The van der Waals surface area contributed by atoms with E-state index >= 15 is 0 Å². The Labute approximate surface area is 186 Å². The van der Waals surface area contributed by atoms with Gasteiger partial charge in [-0.2, -0.15) is 5.10 Å². The molecule has 31 heavy (non-hydrogen) atoms. The second-order valence-electron chi connectivity index (χ2n) is 6.52. The molecule has 0 heterocycles. The quantitative estimate of drug-likeness (QED) is 0.408. The minimum atomic E-state index is -3.70. The Kier molecular flexibility index (Phi) is 7.28. The van der Waals surface area contributed by atoms with Gasteiger partial charge < -0.3 is 4.74 Å². The Morgan fingerprint density at radius 3 is 2.23 bits per heavy atom. The number of carbonyl (C=O) groups is 1. The van der Waals surface area contributed by atoms with Crippen molar-refractivity contribution >= 4 is 39.4 Å². The molecule has 0 aliphatic rings. The van der Waals surface area contributed by atoms with Gasteiger partial charge >= 0.3 is 0 Å². The largest absolute Gasteiger partial charge is 0.457 e. The van der Waals surface area contributed by atoms with Crippen LogP contribution in [0.3, 0.4) is 0 Å². The number of halogens is 1. The summed E-state index contributed by atoms with van der Waals surface area (Å²) in [5.74, 6) is 0.619. The number of ether oxygens (including phenoxy) is 1. The van der Waals surface area contributed by atoms with E-state index in [0.717, 1.165) is 16.1 Å². The molecule has 1 N–H and O–H groups in total. The van der Waals surface area contributed by atoms with Crippen molar-refractivity contribution < 1.29 is 17.9 Å². The Bertz CT molecular complexity index is 1150. The fourth-order valence-corrected chi connectivity index (χ4v) is 3.58. The molecule has 0 atom stereocenters. The van der Waals surface area contributed by atoms with Gasteiger partial charge in [0.05, 0.1) is 18.2 Å². The number of hydrogen-bond acceptors (Lipinski definition) is 5. The van der Waals surface area contributed by atoms with Gasteiger partial charge in [-0.3, -0.25) is 9.10 Å². The minimum absolute atomic E-state index is 0.333. The first-order valence-corrected chi connectivity index (χ1v) is 11.4. The van der Waals surface area contributed by atoms with Crippen LogP contribution in [0, 0.1) is 0 Å². The van der Waals surface area contributed by atoms with Crippen LogP contribution in [0.4, 0.5) is 5.69 Å². The van der Waals surface area contributed by atoms with Gasteiger partial charge in [-0.15, -0.1) is 0 Å². The summed E-state index contributed by atoms with van der Waals surface area (Å²) in [4.78, 5) is 12.2. The lowest BCUT2D eigenvalue weighted by Crippen LogP contribution is -2.38. The molecule has 0 aliphatic carbocycles. The van der Waals surface area contributed by atoms with Crippen LogP contribution in [0.5, 0.6) is 11.5 Å². The van der Waals surface area contributed by atoms with Gasteiger partial charge in [0.15, 0.2) is 0 Å². The van der Waals surface area contributed by atoms with Crippen LogP contribution in [0.25, 0.3) is 0 Å². The van der Waals surface area contributed by atoms with Gasteiger partial charge in [0, 0.05) is 5.02 Å². The molecule has 3 aromatic rings. The van der Waals surface area contributed by atoms with Crippen molar-refractivity contribution in [3.8, 4) is 11.5 Å². The van der Waals surface area contributed by atoms with Crippen LogP contribution in [-0.2, 0) is 14.8 Å². The molecule has 1 amide bonds. The summed E-state index contributed by atoms with van der Waals surface area (Å²) in [7, 11) is -3.70. The fraction of sp³-hybridized carbons (Fsp3) is 0.0909. The van der Waals surface area contributed by atoms with Crippen molar-refractivity contribution in [2.24, 2.45) is 5.10 Å². The first-order valence-electron chi connectivity index (χ1n) is 9.19. The summed E-state index contributed by atoms with van der Waals surface area (Å²) in [6.45, 7) is -0.421. The lowest BCUT2D eigenvalue weighted by molar-refractivity contribution is -0.119. The highest BCUT2D eigenvalue weighted by atomic mass is 35.5. The number of sulfonamides is 1. The highest BCUT2D eigenvalue weighted by molar-refractivity contribution is 7.92. The molecule has 0 radical (unpaired) electrons. The average molecular weight is 458 g/mol. The molecule has 0 saturated carbocycles. The number of rotatable bonds is 8. The number of nitrogens with one attached hydrogen (secondary N) is 1. The van der Waals surface area contributed by atoms with E-state index in [1.54, 1.807) is 48.5 Å². The predicted molar refractivity (Wildman–Crippen MR) is 122 cm³/mol. The minimum Gasteiger partial charge on any atom is -0.457 e. The molecule has 0 unspecified atom stereocenters. The number of para-hydroxylation sites is 1.